The first-order valence-corrected chi connectivity index (χ1v) is 7.86. The molecule has 4 nitrogen and oxygen atoms in total. The Hall–Kier alpha value is -1.29. The first-order valence-electron chi connectivity index (χ1n) is 7.86. The van der Waals surface area contributed by atoms with Crippen LogP contribution in [0.2, 0.25) is 0 Å². The fourth-order valence-electron chi connectivity index (χ4n) is 2.49. The molecule has 2 rings (SSSR count). The lowest BCUT2D eigenvalue weighted by molar-refractivity contribution is 0.526. The summed E-state index contributed by atoms with van der Waals surface area (Å²) in [6.45, 7) is 2.23. The van der Waals surface area contributed by atoms with Crippen molar-refractivity contribution in [3.63, 3.8) is 0 Å². The Balaban J connectivity index is 0.00000220. The van der Waals surface area contributed by atoms with E-state index in [1.807, 2.05) is 37.4 Å². The van der Waals surface area contributed by atoms with Gasteiger partial charge in [0.05, 0.1) is 12.7 Å². The van der Waals surface area contributed by atoms with Crippen LogP contribution in [0.25, 0.3) is 0 Å². The minimum Gasteiger partial charge on any atom is -0.337 e. The third-order valence-electron chi connectivity index (χ3n) is 3.70. The van der Waals surface area contributed by atoms with E-state index in [4.69, 9.17) is 0 Å². The van der Waals surface area contributed by atoms with Gasteiger partial charge in [-0.2, -0.15) is 0 Å². The highest BCUT2D eigenvalue weighted by molar-refractivity contribution is 5.85. The molecule has 0 aromatic carbocycles. The molecule has 0 spiro atoms. The van der Waals surface area contributed by atoms with Gasteiger partial charge in [0.15, 0.2) is 0 Å². The second-order valence-electron chi connectivity index (χ2n) is 5.43. The van der Waals surface area contributed by atoms with Crippen LogP contribution in [0.15, 0.2) is 37.4 Å². The SMILES string of the molecule is Cl.c1cn(CCCCCCCCCCn2ccnc2)cn1. The zero-order valence-corrected chi connectivity index (χ0v) is 13.5. The molecule has 0 saturated carbocycles. The van der Waals surface area contributed by atoms with Crippen LogP contribution in [0.1, 0.15) is 51.4 Å². The number of imidazole rings is 2. The van der Waals surface area contributed by atoms with Gasteiger partial charge in [0.2, 0.25) is 0 Å². The number of rotatable bonds is 11. The molecule has 21 heavy (non-hydrogen) atoms. The minimum absolute atomic E-state index is 0. The van der Waals surface area contributed by atoms with Crippen molar-refractivity contribution in [1.82, 2.24) is 19.1 Å². The van der Waals surface area contributed by atoms with Crippen molar-refractivity contribution in [1.29, 1.82) is 0 Å². The van der Waals surface area contributed by atoms with Crippen molar-refractivity contribution in [2.24, 2.45) is 0 Å². The van der Waals surface area contributed by atoms with Gasteiger partial charge in [0.25, 0.3) is 0 Å². The van der Waals surface area contributed by atoms with Gasteiger partial charge in [-0.05, 0) is 12.8 Å². The molecule has 0 radical (unpaired) electrons. The Morgan fingerprint density at radius 3 is 1.29 bits per heavy atom. The molecule has 2 heterocycles. The van der Waals surface area contributed by atoms with Crippen LogP contribution in [-0.4, -0.2) is 19.1 Å². The van der Waals surface area contributed by atoms with Crippen molar-refractivity contribution in [3.05, 3.63) is 37.4 Å². The summed E-state index contributed by atoms with van der Waals surface area (Å²) < 4.78 is 4.33. The second kappa shape index (κ2) is 11.4. The average Bonchev–Trinajstić information content (AvgIpc) is 3.14. The molecule has 0 unspecified atom stereocenters. The normalized spacial score (nSPS) is 10.5. The summed E-state index contributed by atoms with van der Waals surface area (Å²) >= 11 is 0. The molecule has 5 heteroatoms. The molecular weight excluding hydrogens is 284 g/mol. The highest BCUT2D eigenvalue weighted by Gasteiger charge is 1.94. The summed E-state index contributed by atoms with van der Waals surface area (Å²) in [5, 5.41) is 0. The van der Waals surface area contributed by atoms with Gasteiger partial charge in [-0.3, -0.25) is 0 Å². The van der Waals surface area contributed by atoms with E-state index in [1.54, 1.807) is 0 Å². The Bertz CT molecular complexity index is 383. The summed E-state index contributed by atoms with van der Waals surface area (Å²) in [4.78, 5) is 8.11. The molecule has 0 aliphatic heterocycles. The third-order valence-corrected chi connectivity index (χ3v) is 3.70. The van der Waals surface area contributed by atoms with Gasteiger partial charge in [-0.15, -0.1) is 12.4 Å². The predicted octanol–water partition coefficient (Wildman–Crippen LogP) is 4.32. The van der Waals surface area contributed by atoms with E-state index in [9.17, 15) is 0 Å². The molecule has 2 aromatic rings. The Morgan fingerprint density at radius 2 is 0.952 bits per heavy atom. The van der Waals surface area contributed by atoms with Crippen molar-refractivity contribution in [2.45, 2.75) is 64.5 Å². The standard InChI is InChI=1S/C16H26N4.ClH/c1(3-5-7-11-19-13-9-17-15-19)2-4-6-8-12-20-14-10-18-16-20;/h9-10,13-16H,1-8,11-12H2;1H. The number of unbranched alkanes of at least 4 members (excludes halogenated alkanes) is 7. The Labute approximate surface area is 134 Å². The van der Waals surface area contributed by atoms with Crippen molar-refractivity contribution < 1.29 is 0 Å². The number of hydrogen-bond donors (Lipinski definition) is 0. The van der Waals surface area contributed by atoms with Crippen LogP contribution in [-0.2, 0) is 13.1 Å². The quantitative estimate of drug-likeness (QED) is 0.579. The highest BCUT2D eigenvalue weighted by atomic mass is 35.5. The summed E-state index contributed by atoms with van der Waals surface area (Å²) in [6.07, 6.45) is 22.3. The van der Waals surface area contributed by atoms with Crippen LogP contribution in [0.4, 0.5) is 0 Å². The number of aromatic nitrogens is 4. The maximum atomic E-state index is 4.05. The molecule has 0 fully saturated rings. The lowest BCUT2D eigenvalue weighted by Gasteiger charge is -2.04. The van der Waals surface area contributed by atoms with Gasteiger partial charge in [-0.1, -0.05) is 38.5 Å². The largest absolute Gasteiger partial charge is 0.337 e. The molecule has 0 amide bonds. The maximum Gasteiger partial charge on any atom is 0.0945 e. The van der Waals surface area contributed by atoms with Crippen molar-refractivity contribution in [2.75, 3.05) is 0 Å². The number of hydrogen-bond acceptors (Lipinski definition) is 2. The predicted molar refractivity (Wildman–Crippen MR) is 88.6 cm³/mol. The molecule has 0 saturated heterocycles. The highest BCUT2D eigenvalue weighted by Crippen LogP contribution is 2.09. The van der Waals surface area contributed by atoms with E-state index in [-0.39, 0.29) is 12.4 Å². The van der Waals surface area contributed by atoms with Gasteiger partial charge >= 0.3 is 0 Å². The van der Waals surface area contributed by atoms with Gasteiger partial charge in [0.1, 0.15) is 0 Å². The van der Waals surface area contributed by atoms with Crippen LogP contribution in [0.3, 0.4) is 0 Å². The lowest BCUT2D eigenvalue weighted by Crippen LogP contribution is -1.94. The smallest absolute Gasteiger partial charge is 0.0945 e. The van der Waals surface area contributed by atoms with Crippen molar-refractivity contribution in [3.8, 4) is 0 Å². The zero-order valence-electron chi connectivity index (χ0n) is 12.7. The summed E-state index contributed by atoms with van der Waals surface area (Å²) in [5.74, 6) is 0. The minimum atomic E-state index is 0. The Morgan fingerprint density at radius 1 is 0.571 bits per heavy atom. The lowest BCUT2D eigenvalue weighted by atomic mass is 10.1. The molecule has 2 aromatic heterocycles. The molecular formula is C16H27ClN4. The van der Waals surface area contributed by atoms with E-state index in [2.05, 4.69) is 19.1 Å². The molecule has 118 valence electrons. The van der Waals surface area contributed by atoms with Gasteiger partial charge in [0, 0.05) is 37.9 Å². The summed E-state index contributed by atoms with van der Waals surface area (Å²) in [6, 6.07) is 0. The molecule has 0 bridgehead atoms. The second-order valence-corrected chi connectivity index (χ2v) is 5.43. The van der Waals surface area contributed by atoms with Crippen LogP contribution >= 0.6 is 12.4 Å². The number of nitrogens with zero attached hydrogens (tertiary/aromatic N) is 4. The summed E-state index contributed by atoms with van der Waals surface area (Å²) in [5.41, 5.74) is 0. The van der Waals surface area contributed by atoms with Crippen molar-refractivity contribution >= 4 is 12.4 Å². The summed E-state index contributed by atoms with van der Waals surface area (Å²) in [7, 11) is 0. The zero-order chi connectivity index (χ0) is 13.9. The molecule has 0 aliphatic carbocycles. The molecule has 0 atom stereocenters. The average molecular weight is 311 g/mol. The van der Waals surface area contributed by atoms with Gasteiger partial charge in [-0.25, -0.2) is 9.97 Å². The fourth-order valence-corrected chi connectivity index (χ4v) is 2.49. The Kier molecular flexibility index (Phi) is 9.62. The van der Waals surface area contributed by atoms with Gasteiger partial charge < -0.3 is 9.13 Å². The topological polar surface area (TPSA) is 35.6 Å². The number of halogens is 1. The maximum absolute atomic E-state index is 4.05. The van der Waals surface area contributed by atoms with Crippen LogP contribution in [0.5, 0.6) is 0 Å². The number of aryl methyl sites for hydroxylation is 2. The first kappa shape index (κ1) is 17.8. The van der Waals surface area contributed by atoms with E-state index in [0.29, 0.717) is 0 Å². The van der Waals surface area contributed by atoms with E-state index < -0.39 is 0 Å². The van der Waals surface area contributed by atoms with Crippen LogP contribution < -0.4 is 0 Å². The first-order chi connectivity index (χ1) is 9.95. The van der Waals surface area contributed by atoms with E-state index >= 15 is 0 Å². The van der Waals surface area contributed by atoms with E-state index in [1.165, 1.54) is 51.4 Å². The fraction of sp³-hybridized carbons (Fsp3) is 0.625. The van der Waals surface area contributed by atoms with E-state index in [0.717, 1.165) is 13.1 Å². The van der Waals surface area contributed by atoms with Crippen LogP contribution in [0, 0.1) is 0 Å². The monoisotopic (exact) mass is 310 g/mol. The third kappa shape index (κ3) is 7.90. The molecule has 0 aliphatic rings. The molecule has 0 N–H and O–H groups in total.